The lowest BCUT2D eigenvalue weighted by molar-refractivity contribution is -0.142. The predicted molar refractivity (Wildman–Crippen MR) is 122 cm³/mol. The smallest absolute Gasteiger partial charge is 0.245 e. The van der Waals surface area contributed by atoms with E-state index in [1.165, 1.54) is 11.1 Å². The van der Waals surface area contributed by atoms with Gasteiger partial charge in [0.1, 0.15) is 6.04 Å². The van der Waals surface area contributed by atoms with Crippen molar-refractivity contribution in [3.05, 3.63) is 35.4 Å². The fourth-order valence-electron chi connectivity index (χ4n) is 5.77. The van der Waals surface area contributed by atoms with E-state index >= 15 is 0 Å². The Hall–Kier alpha value is -1.88. The highest BCUT2D eigenvalue weighted by Gasteiger charge is 2.41. The molecule has 0 aromatic heterocycles. The third kappa shape index (κ3) is 4.97. The van der Waals surface area contributed by atoms with Gasteiger partial charge in [0.05, 0.1) is 18.8 Å². The number of amides is 2. The van der Waals surface area contributed by atoms with Crippen molar-refractivity contribution in [3.8, 4) is 0 Å². The maximum Gasteiger partial charge on any atom is 0.245 e. The minimum Gasteiger partial charge on any atom is -0.375 e. The van der Waals surface area contributed by atoms with Crippen LogP contribution in [0, 0.1) is 5.92 Å². The zero-order valence-corrected chi connectivity index (χ0v) is 19.1. The molecule has 0 bridgehead atoms. The maximum atomic E-state index is 13.6. The first-order chi connectivity index (χ1) is 15.1. The van der Waals surface area contributed by atoms with E-state index in [1.54, 1.807) is 0 Å². The molecule has 3 aliphatic rings. The molecule has 1 aromatic carbocycles. The van der Waals surface area contributed by atoms with Crippen LogP contribution in [0.2, 0.25) is 0 Å². The van der Waals surface area contributed by atoms with Crippen LogP contribution in [0.5, 0.6) is 0 Å². The lowest BCUT2D eigenvalue weighted by atomic mass is 9.97. The highest BCUT2D eigenvalue weighted by Crippen LogP contribution is 2.32. The minimum absolute atomic E-state index is 0.00394. The van der Waals surface area contributed by atoms with Gasteiger partial charge in [0.2, 0.25) is 11.8 Å². The molecule has 2 heterocycles. The largest absolute Gasteiger partial charge is 0.375 e. The van der Waals surface area contributed by atoms with Crippen LogP contribution in [0.25, 0.3) is 0 Å². The van der Waals surface area contributed by atoms with Crippen LogP contribution in [0.3, 0.4) is 0 Å². The summed E-state index contributed by atoms with van der Waals surface area (Å²) in [6.07, 6.45) is 9.79. The topological polar surface area (TPSA) is 58.6 Å². The van der Waals surface area contributed by atoms with Crippen LogP contribution >= 0.6 is 0 Å². The van der Waals surface area contributed by atoms with Crippen LogP contribution in [-0.2, 0) is 27.2 Å². The van der Waals surface area contributed by atoms with Gasteiger partial charge in [-0.25, -0.2) is 0 Å². The molecule has 3 atom stereocenters. The van der Waals surface area contributed by atoms with Crippen molar-refractivity contribution in [2.75, 3.05) is 6.61 Å². The Morgan fingerprint density at radius 2 is 1.74 bits per heavy atom. The van der Waals surface area contributed by atoms with Crippen molar-refractivity contribution >= 4 is 11.8 Å². The fourth-order valence-corrected chi connectivity index (χ4v) is 5.77. The molecule has 0 unspecified atom stereocenters. The van der Waals surface area contributed by atoms with Crippen LogP contribution in [-0.4, -0.2) is 47.6 Å². The lowest BCUT2D eigenvalue weighted by Gasteiger charge is -2.36. The molecular formula is C26H38N2O3. The quantitative estimate of drug-likeness (QED) is 0.716. The van der Waals surface area contributed by atoms with E-state index in [0.29, 0.717) is 12.6 Å². The Kier molecular flexibility index (Phi) is 7.31. The predicted octanol–water partition coefficient (Wildman–Crippen LogP) is 4.03. The van der Waals surface area contributed by atoms with Gasteiger partial charge in [0, 0.05) is 12.0 Å². The van der Waals surface area contributed by atoms with Crippen LogP contribution < -0.4 is 5.32 Å². The van der Waals surface area contributed by atoms with Gasteiger partial charge >= 0.3 is 0 Å². The van der Waals surface area contributed by atoms with E-state index in [4.69, 9.17) is 4.74 Å². The van der Waals surface area contributed by atoms with Gasteiger partial charge < -0.3 is 15.0 Å². The number of rotatable bonds is 7. The lowest BCUT2D eigenvalue weighted by Crippen LogP contribution is -2.55. The Labute approximate surface area is 186 Å². The van der Waals surface area contributed by atoms with Crippen molar-refractivity contribution < 1.29 is 14.3 Å². The highest BCUT2D eigenvalue weighted by molar-refractivity contribution is 5.89. The summed E-state index contributed by atoms with van der Waals surface area (Å²) in [6.45, 7) is 4.69. The molecule has 2 fully saturated rings. The number of ether oxygens (including phenoxy) is 1. The molecule has 1 N–H and O–H groups in total. The summed E-state index contributed by atoms with van der Waals surface area (Å²) in [6, 6.07) is 8.63. The third-order valence-electron chi connectivity index (χ3n) is 7.66. The molecule has 0 saturated carbocycles. The van der Waals surface area contributed by atoms with Crippen LogP contribution in [0.4, 0.5) is 0 Å². The summed E-state index contributed by atoms with van der Waals surface area (Å²) >= 11 is 0. The standard InChI is InChI=1S/C26H38N2O3/c1-3-18(4-2)25(29)27-24-12-8-7-11-21-13-14-22(28(21)26(24)30)17-31-23-15-19-9-5-6-10-20(19)16-23/h5-6,9-10,18,21-24H,3-4,7-8,11-17H2,1-2H3,(H,27,29)/t21-,22-,24-/m0/s1. The first kappa shape index (κ1) is 22.3. The third-order valence-corrected chi connectivity index (χ3v) is 7.66. The van der Waals surface area contributed by atoms with Crippen LogP contribution in [0.1, 0.15) is 76.3 Å². The fraction of sp³-hybridized carbons (Fsp3) is 0.692. The second-order valence-electron chi connectivity index (χ2n) is 9.62. The number of nitrogens with one attached hydrogen (secondary N) is 1. The number of benzene rings is 1. The Bertz CT molecular complexity index is 751. The molecule has 5 heteroatoms. The van der Waals surface area contributed by atoms with Gasteiger partial charge in [-0.05, 0) is 62.5 Å². The van der Waals surface area contributed by atoms with Gasteiger partial charge in [0.25, 0.3) is 0 Å². The molecular weight excluding hydrogens is 388 g/mol. The Balaban J connectivity index is 1.39. The van der Waals surface area contributed by atoms with Gasteiger partial charge in [-0.2, -0.15) is 0 Å². The maximum absolute atomic E-state index is 13.6. The number of carbonyl (C=O) groups is 2. The SMILES string of the molecule is CCC(CC)C(=O)N[C@H]1CCCC[C@H]2CC[C@@H](COC3Cc4ccccc4C3)N2C1=O. The van der Waals surface area contributed by atoms with Crippen molar-refractivity contribution in [1.82, 2.24) is 10.2 Å². The van der Waals surface area contributed by atoms with E-state index in [-0.39, 0.29) is 35.9 Å². The van der Waals surface area contributed by atoms with Gasteiger partial charge in [-0.1, -0.05) is 51.0 Å². The molecule has 1 aromatic rings. The average molecular weight is 427 g/mol. The van der Waals surface area contributed by atoms with E-state index < -0.39 is 0 Å². The average Bonchev–Trinajstić information content (AvgIpc) is 3.36. The summed E-state index contributed by atoms with van der Waals surface area (Å²) < 4.78 is 6.35. The van der Waals surface area contributed by atoms with Crippen molar-refractivity contribution in [2.24, 2.45) is 5.92 Å². The van der Waals surface area contributed by atoms with Gasteiger partial charge in [-0.15, -0.1) is 0 Å². The second-order valence-corrected chi connectivity index (χ2v) is 9.62. The Morgan fingerprint density at radius 1 is 1.06 bits per heavy atom. The summed E-state index contributed by atoms with van der Waals surface area (Å²) in [4.78, 5) is 28.3. The number of fused-ring (bicyclic) bond motifs is 2. The second kappa shape index (κ2) is 10.2. The van der Waals surface area contributed by atoms with E-state index in [2.05, 4.69) is 34.5 Å². The molecule has 170 valence electrons. The minimum atomic E-state index is -0.382. The van der Waals surface area contributed by atoms with Crippen LogP contribution in [0.15, 0.2) is 24.3 Å². The van der Waals surface area contributed by atoms with Crippen molar-refractivity contribution in [1.29, 1.82) is 0 Å². The zero-order valence-electron chi connectivity index (χ0n) is 19.1. The van der Waals surface area contributed by atoms with E-state index in [9.17, 15) is 9.59 Å². The number of hydrogen-bond acceptors (Lipinski definition) is 3. The molecule has 0 radical (unpaired) electrons. The monoisotopic (exact) mass is 426 g/mol. The summed E-state index contributed by atoms with van der Waals surface area (Å²) in [5.41, 5.74) is 2.78. The highest BCUT2D eigenvalue weighted by atomic mass is 16.5. The summed E-state index contributed by atoms with van der Waals surface area (Å²) in [5, 5.41) is 3.11. The molecule has 2 aliphatic heterocycles. The zero-order chi connectivity index (χ0) is 21.8. The normalized spacial score (nSPS) is 26.5. The molecule has 31 heavy (non-hydrogen) atoms. The molecule has 2 saturated heterocycles. The van der Waals surface area contributed by atoms with Gasteiger partial charge in [-0.3, -0.25) is 9.59 Å². The summed E-state index contributed by atoms with van der Waals surface area (Å²) in [5.74, 6) is 0.150. The summed E-state index contributed by atoms with van der Waals surface area (Å²) in [7, 11) is 0. The number of hydrogen-bond donors (Lipinski definition) is 1. The first-order valence-corrected chi connectivity index (χ1v) is 12.4. The van der Waals surface area contributed by atoms with Crippen molar-refractivity contribution in [2.45, 2.75) is 102 Å². The van der Waals surface area contributed by atoms with E-state index in [1.807, 2.05) is 13.8 Å². The number of nitrogens with zero attached hydrogens (tertiary/aromatic N) is 1. The first-order valence-electron chi connectivity index (χ1n) is 12.4. The molecule has 1 aliphatic carbocycles. The molecule has 4 rings (SSSR count). The Morgan fingerprint density at radius 3 is 2.42 bits per heavy atom. The van der Waals surface area contributed by atoms with E-state index in [0.717, 1.165) is 64.2 Å². The molecule has 5 nitrogen and oxygen atoms in total. The number of carbonyl (C=O) groups excluding carboxylic acids is 2. The molecule has 0 spiro atoms. The van der Waals surface area contributed by atoms with Gasteiger partial charge in [0.15, 0.2) is 0 Å². The van der Waals surface area contributed by atoms with Crippen molar-refractivity contribution in [3.63, 3.8) is 0 Å². The molecule has 2 amide bonds.